The summed E-state index contributed by atoms with van der Waals surface area (Å²) in [5, 5.41) is 19.4. The summed E-state index contributed by atoms with van der Waals surface area (Å²) in [6.07, 6.45) is 0. The molecule has 0 saturated carbocycles. The van der Waals surface area contributed by atoms with E-state index in [1.165, 1.54) is 9.13 Å². The number of aromatic nitrogens is 2. The monoisotopic (exact) mass is 552 g/mol. The molecule has 0 unspecified atom stereocenters. The Balaban J connectivity index is 1.94. The van der Waals surface area contributed by atoms with Crippen LogP contribution in [0.1, 0.15) is 6.92 Å². The lowest BCUT2D eigenvalue weighted by atomic mass is 10.2. The van der Waals surface area contributed by atoms with Crippen LogP contribution in [0.2, 0.25) is 0 Å². The Morgan fingerprint density at radius 1 is 0.886 bits per heavy atom. The number of nitrogens with zero attached hydrogens (tertiary/aromatic N) is 4. The fourth-order valence-corrected chi connectivity index (χ4v) is 3.98. The van der Waals surface area contributed by atoms with Crippen molar-refractivity contribution in [3.05, 3.63) is 92.4 Å². The topological polar surface area (TPSA) is 90.3 Å². The standard InChI is InChI=1S/C25H21BrN4O4S/c1-3-34-21-14-10-19(11-15-21)30-24(32)22(28-27-17-6-4-16(26)5-7-17)23(31)29(25(30)35)18-8-12-20(33-2)13-9-18/h4-15,32H,3H2,1-2H3. The van der Waals surface area contributed by atoms with E-state index in [0.717, 1.165) is 4.47 Å². The van der Waals surface area contributed by atoms with Crippen molar-refractivity contribution in [2.24, 2.45) is 10.2 Å². The minimum absolute atomic E-state index is 0.0596. The maximum Gasteiger partial charge on any atom is 0.290 e. The lowest BCUT2D eigenvalue weighted by Crippen LogP contribution is -2.23. The Labute approximate surface area is 214 Å². The fourth-order valence-electron chi connectivity index (χ4n) is 3.34. The van der Waals surface area contributed by atoms with E-state index in [4.69, 9.17) is 21.7 Å². The Hall–Kier alpha value is -3.76. The van der Waals surface area contributed by atoms with E-state index in [1.807, 2.05) is 6.92 Å². The first-order valence-corrected chi connectivity index (χ1v) is 11.8. The zero-order chi connectivity index (χ0) is 24.9. The molecule has 0 amide bonds. The van der Waals surface area contributed by atoms with Crippen LogP contribution < -0.4 is 15.0 Å². The van der Waals surface area contributed by atoms with E-state index >= 15 is 0 Å². The van der Waals surface area contributed by atoms with Crippen LogP contribution in [0.3, 0.4) is 0 Å². The van der Waals surface area contributed by atoms with Crippen LogP contribution in [0.5, 0.6) is 17.4 Å². The van der Waals surface area contributed by atoms with Crippen LogP contribution in [0.4, 0.5) is 11.4 Å². The molecule has 4 aromatic rings. The van der Waals surface area contributed by atoms with Crippen LogP contribution in [-0.2, 0) is 0 Å². The molecule has 0 spiro atoms. The summed E-state index contributed by atoms with van der Waals surface area (Å²) in [5.74, 6) is 0.872. The molecule has 0 fully saturated rings. The summed E-state index contributed by atoms with van der Waals surface area (Å²) < 4.78 is 14.3. The van der Waals surface area contributed by atoms with Crippen molar-refractivity contribution in [1.82, 2.24) is 9.13 Å². The van der Waals surface area contributed by atoms with E-state index in [-0.39, 0.29) is 10.5 Å². The van der Waals surface area contributed by atoms with Gasteiger partial charge in [-0.25, -0.2) is 0 Å². The van der Waals surface area contributed by atoms with E-state index in [9.17, 15) is 9.90 Å². The van der Waals surface area contributed by atoms with Gasteiger partial charge >= 0.3 is 0 Å². The van der Waals surface area contributed by atoms with Crippen molar-refractivity contribution in [3.8, 4) is 28.8 Å². The van der Waals surface area contributed by atoms with Crippen LogP contribution in [0, 0.1) is 4.77 Å². The number of halogens is 1. The Kier molecular flexibility index (Phi) is 7.42. The number of azo groups is 1. The van der Waals surface area contributed by atoms with Gasteiger partial charge in [-0.3, -0.25) is 13.9 Å². The molecule has 1 N–H and O–H groups in total. The average Bonchev–Trinajstić information content (AvgIpc) is 2.86. The zero-order valence-corrected chi connectivity index (χ0v) is 21.3. The summed E-state index contributed by atoms with van der Waals surface area (Å²) in [6.45, 7) is 2.41. The number of rotatable bonds is 7. The number of hydrogen-bond donors (Lipinski definition) is 1. The summed E-state index contributed by atoms with van der Waals surface area (Å²) >= 11 is 9.02. The molecule has 8 nitrogen and oxygen atoms in total. The van der Waals surface area contributed by atoms with Gasteiger partial charge in [0.05, 0.1) is 30.8 Å². The van der Waals surface area contributed by atoms with Crippen molar-refractivity contribution in [2.75, 3.05) is 13.7 Å². The molecule has 0 saturated heterocycles. The van der Waals surface area contributed by atoms with Crippen LogP contribution in [-0.4, -0.2) is 28.0 Å². The summed E-state index contributed by atoms with van der Waals surface area (Å²) in [5.41, 5.74) is 0.656. The predicted molar refractivity (Wildman–Crippen MR) is 140 cm³/mol. The Morgan fingerprint density at radius 3 is 2.03 bits per heavy atom. The van der Waals surface area contributed by atoms with Crippen LogP contribution in [0.15, 0.2) is 92.3 Å². The molecule has 0 radical (unpaired) electrons. The highest BCUT2D eigenvalue weighted by Gasteiger charge is 2.19. The molecule has 0 aliphatic rings. The number of benzene rings is 3. The Bertz CT molecular complexity index is 1480. The molecule has 0 aliphatic heterocycles. The molecule has 10 heteroatoms. The second kappa shape index (κ2) is 10.7. The maximum atomic E-state index is 13.5. The Morgan fingerprint density at radius 2 is 1.46 bits per heavy atom. The SMILES string of the molecule is CCOc1ccc(-n2c(O)c(N=Nc3ccc(Br)cc3)c(=O)n(-c3ccc(OC)cc3)c2=S)cc1. The van der Waals surface area contributed by atoms with Gasteiger partial charge in [0, 0.05) is 4.47 Å². The summed E-state index contributed by atoms with van der Waals surface area (Å²) in [6, 6.07) is 20.9. The molecular weight excluding hydrogens is 532 g/mol. The second-order valence-corrected chi connectivity index (χ2v) is 8.51. The first-order chi connectivity index (χ1) is 16.9. The van der Waals surface area contributed by atoms with E-state index in [1.54, 1.807) is 79.9 Å². The van der Waals surface area contributed by atoms with Crippen molar-refractivity contribution in [3.63, 3.8) is 0 Å². The third-order valence-corrected chi connectivity index (χ3v) is 5.93. The van der Waals surface area contributed by atoms with Gasteiger partial charge < -0.3 is 14.6 Å². The summed E-state index contributed by atoms with van der Waals surface area (Å²) in [4.78, 5) is 13.5. The van der Waals surface area contributed by atoms with E-state index < -0.39 is 11.4 Å². The lowest BCUT2D eigenvalue weighted by Gasteiger charge is -2.16. The number of aromatic hydroxyl groups is 1. The summed E-state index contributed by atoms with van der Waals surface area (Å²) in [7, 11) is 1.56. The minimum atomic E-state index is -0.610. The molecule has 0 atom stereocenters. The van der Waals surface area contributed by atoms with Crippen molar-refractivity contribution in [2.45, 2.75) is 6.92 Å². The molecule has 178 valence electrons. The first kappa shape index (κ1) is 24.4. The van der Waals surface area contributed by atoms with Crippen molar-refractivity contribution >= 4 is 39.5 Å². The molecule has 1 heterocycles. The average molecular weight is 553 g/mol. The number of ether oxygens (including phenoxy) is 2. The number of hydrogen-bond acceptors (Lipinski definition) is 7. The molecule has 1 aromatic heterocycles. The molecule has 35 heavy (non-hydrogen) atoms. The molecule has 0 aliphatic carbocycles. The molecule has 3 aromatic carbocycles. The van der Waals surface area contributed by atoms with Gasteiger partial charge in [0.25, 0.3) is 5.56 Å². The second-order valence-electron chi connectivity index (χ2n) is 7.23. The molecule has 4 rings (SSSR count). The van der Waals surface area contributed by atoms with Gasteiger partial charge in [-0.05, 0) is 91.9 Å². The van der Waals surface area contributed by atoms with Gasteiger partial charge in [-0.2, -0.15) is 5.11 Å². The largest absolute Gasteiger partial charge is 0.497 e. The molecule has 0 bridgehead atoms. The maximum absolute atomic E-state index is 13.5. The van der Waals surface area contributed by atoms with Gasteiger partial charge in [-0.1, -0.05) is 15.9 Å². The molecular formula is C25H21BrN4O4S. The highest BCUT2D eigenvalue weighted by molar-refractivity contribution is 9.10. The van der Waals surface area contributed by atoms with Gasteiger partial charge in [-0.15, -0.1) is 5.11 Å². The smallest absolute Gasteiger partial charge is 0.290 e. The third kappa shape index (κ3) is 5.18. The van der Waals surface area contributed by atoms with Gasteiger partial charge in [0.1, 0.15) is 11.5 Å². The lowest BCUT2D eigenvalue weighted by molar-refractivity contribution is 0.340. The van der Waals surface area contributed by atoms with Crippen LogP contribution in [0.25, 0.3) is 11.4 Å². The fraction of sp³-hybridized carbons (Fsp3) is 0.120. The highest BCUT2D eigenvalue weighted by Crippen LogP contribution is 2.30. The van der Waals surface area contributed by atoms with Crippen molar-refractivity contribution in [1.29, 1.82) is 0 Å². The normalized spacial score (nSPS) is 11.1. The zero-order valence-electron chi connectivity index (χ0n) is 18.9. The van der Waals surface area contributed by atoms with Crippen molar-refractivity contribution < 1.29 is 14.6 Å². The van der Waals surface area contributed by atoms with E-state index in [2.05, 4.69) is 26.2 Å². The quantitative estimate of drug-likeness (QED) is 0.205. The predicted octanol–water partition coefficient (Wildman–Crippen LogP) is 6.65. The first-order valence-electron chi connectivity index (χ1n) is 10.6. The number of methoxy groups -OCH3 is 1. The van der Waals surface area contributed by atoms with Gasteiger partial charge in [0.15, 0.2) is 4.77 Å². The van der Waals surface area contributed by atoms with E-state index in [0.29, 0.717) is 35.2 Å². The minimum Gasteiger partial charge on any atom is -0.497 e. The highest BCUT2D eigenvalue weighted by atomic mass is 79.9. The van der Waals surface area contributed by atoms with Gasteiger partial charge in [0.2, 0.25) is 11.6 Å². The van der Waals surface area contributed by atoms with Crippen LogP contribution >= 0.6 is 28.1 Å². The third-order valence-electron chi connectivity index (χ3n) is 5.04.